The summed E-state index contributed by atoms with van der Waals surface area (Å²) in [5.41, 5.74) is 5.13. The van der Waals surface area contributed by atoms with Crippen LogP contribution in [0.5, 0.6) is 0 Å². The van der Waals surface area contributed by atoms with Crippen LogP contribution in [0.4, 0.5) is 5.82 Å². The molecule has 0 atom stereocenters. The Morgan fingerprint density at radius 3 is 3.00 bits per heavy atom. The highest BCUT2D eigenvalue weighted by Gasteiger charge is 2.28. The van der Waals surface area contributed by atoms with Gasteiger partial charge in [-0.15, -0.1) is 0 Å². The maximum Gasteiger partial charge on any atom is 0.217 e. The summed E-state index contributed by atoms with van der Waals surface area (Å²) in [5, 5.41) is 0. The maximum absolute atomic E-state index is 10.7. The number of nitrogens with zero attached hydrogens (tertiary/aromatic N) is 2. The minimum absolute atomic E-state index is 0.221. The molecule has 1 aliphatic heterocycles. The lowest BCUT2D eigenvalue weighted by Crippen LogP contribution is -2.48. The summed E-state index contributed by atoms with van der Waals surface area (Å²) in [7, 11) is 0. The lowest BCUT2D eigenvalue weighted by Gasteiger charge is -2.39. The van der Waals surface area contributed by atoms with E-state index in [1.54, 1.807) is 6.20 Å². The van der Waals surface area contributed by atoms with E-state index >= 15 is 0 Å². The van der Waals surface area contributed by atoms with E-state index in [1.807, 2.05) is 12.1 Å². The van der Waals surface area contributed by atoms with Gasteiger partial charge in [0.15, 0.2) is 0 Å². The van der Waals surface area contributed by atoms with E-state index in [2.05, 4.69) is 25.8 Å². The predicted molar refractivity (Wildman–Crippen MR) is 61.5 cm³/mol. The third kappa shape index (κ3) is 2.47. The number of primary amides is 1. The van der Waals surface area contributed by atoms with Crippen molar-refractivity contribution in [2.24, 2.45) is 11.7 Å². The molecule has 0 aliphatic carbocycles. The van der Waals surface area contributed by atoms with Crippen LogP contribution in [0.2, 0.25) is 0 Å². The Morgan fingerprint density at radius 1 is 1.67 bits per heavy atom. The second-order valence-electron chi connectivity index (χ2n) is 3.77. The lowest BCUT2D eigenvalue weighted by molar-refractivity contribution is -0.119. The van der Waals surface area contributed by atoms with E-state index in [-0.39, 0.29) is 5.91 Å². The van der Waals surface area contributed by atoms with Crippen LogP contribution >= 0.6 is 15.9 Å². The molecule has 2 rings (SSSR count). The fourth-order valence-electron chi connectivity index (χ4n) is 1.74. The fraction of sp³-hybridized carbons (Fsp3) is 0.400. The topological polar surface area (TPSA) is 59.2 Å². The molecule has 2 heterocycles. The van der Waals surface area contributed by atoms with E-state index in [0.717, 1.165) is 23.4 Å². The second kappa shape index (κ2) is 4.18. The first-order valence-electron chi connectivity index (χ1n) is 4.80. The summed E-state index contributed by atoms with van der Waals surface area (Å²) in [6.45, 7) is 1.73. The fourth-order valence-corrected chi connectivity index (χ4v) is 2.06. The SMILES string of the molecule is NC(=O)CC1CN(c2cc(Br)ccn2)C1. The van der Waals surface area contributed by atoms with Crippen molar-refractivity contribution in [1.29, 1.82) is 0 Å². The van der Waals surface area contributed by atoms with Crippen LogP contribution in [-0.2, 0) is 4.79 Å². The highest BCUT2D eigenvalue weighted by atomic mass is 79.9. The molecular formula is C10H12BrN3O. The Labute approximate surface area is 96.6 Å². The van der Waals surface area contributed by atoms with Crippen molar-refractivity contribution in [2.45, 2.75) is 6.42 Å². The summed E-state index contributed by atoms with van der Waals surface area (Å²) < 4.78 is 1.02. The number of pyridine rings is 1. The van der Waals surface area contributed by atoms with Crippen LogP contribution < -0.4 is 10.6 Å². The van der Waals surface area contributed by atoms with Gasteiger partial charge in [-0.2, -0.15) is 0 Å². The van der Waals surface area contributed by atoms with Crippen LogP contribution in [0.3, 0.4) is 0 Å². The maximum atomic E-state index is 10.7. The first-order valence-corrected chi connectivity index (χ1v) is 5.59. The third-order valence-electron chi connectivity index (χ3n) is 2.48. The Morgan fingerprint density at radius 2 is 2.40 bits per heavy atom. The second-order valence-corrected chi connectivity index (χ2v) is 4.69. The van der Waals surface area contributed by atoms with Gasteiger partial charge in [0.05, 0.1) is 0 Å². The minimum atomic E-state index is -0.221. The number of anilines is 1. The van der Waals surface area contributed by atoms with Crippen molar-refractivity contribution in [1.82, 2.24) is 4.98 Å². The Balaban J connectivity index is 1.92. The monoisotopic (exact) mass is 269 g/mol. The van der Waals surface area contributed by atoms with Crippen molar-refractivity contribution in [2.75, 3.05) is 18.0 Å². The first-order chi connectivity index (χ1) is 7.15. The molecule has 1 amide bonds. The zero-order valence-electron chi connectivity index (χ0n) is 8.19. The Bertz CT molecular complexity index is 377. The average molecular weight is 270 g/mol. The van der Waals surface area contributed by atoms with Gasteiger partial charge in [-0.25, -0.2) is 4.98 Å². The van der Waals surface area contributed by atoms with Crippen molar-refractivity contribution in [3.8, 4) is 0 Å². The molecule has 0 aromatic carbocycles. The molecule has 0 spiro atoms. The van der Waals surface area contributed by atoms with E-state index in [1.165, 1.54) is 0 Å². The number of carbonyl (C=O) groups is 1. The molecule has 1 aliphatic rings. The molecule has 4 nitrogen and oxygen atoms in total. The Hall–Kier alpha value is -1.10. The number of nitrogens with two attached hydrogens (primary N) is 1. The van der Waals surface area contributed by atoms with Crippen LogP contribution in [0.25, 0.3) is 0 Å². The Kier molecular flexibility index (Phi) is 2.90. The summed E-state index contributed by atoms with van der Waals surface area (Å²) in [4.78, 5) is 17.1. The number of aromatic nitrogens is 1. The summed E-state index contributed by atoms with van der Waals surface area (Å²) in [6, 6.07) is 3.87. The van der Waals surface area contributed by atoms with Gasteiger partial charge in [-0.05, 0) is 12.1 Å². The van der Waals surface area contributed by atoms with E-state index < -0.39 is 0 Å². The number of rotatable bonds is 3. The largest absolute Gasteiger partial charge is 0.370 e. The molecule has 1 fully saturated rings. The number of carbonyl (C=O) groups excluding carboxylic acids is 1. The zero-order chi connectivity index (χ0) is 10.8. The number of hydrogen-bond acceptors (Lipinski definition) is 3. The average Bonchev–Trinajstić information content (AvgIpc) is 2.10. The van der Waals surface area contributed by atoms with Crippen molar-refractivity contribution < 1.29 is 4.79 Å². The van der Waals surface area contributed by atoms with Gasteiger partial charge < -0.3 is 10.6 Å². The molecule has 5 heteroatoms. The molecule has 1 saturated heterocycles. The summed E-state index contributed by atoms with van der Waals surface area (Å²) in [6.07, 6.45) is 2.24. The zero-order valence-corrected chi connectivity index (χ0v) is 9.77. The summed E-state index contributed by atoms with van der Waals surface area (Å²) >= 11 is 3.40. The summed E-state index contributed by atoms with van der Waals surface area (Å²) in [5.74, 6) is 1.12. The van der Waals surface area contributed by atoms with Crippen LogP contribution in [-0.4, -0.2) is 24.0 Å². The predicted octanol–water partition coefficient (Wildman–Crippen LogP) is 1.16. The van der Waals surface area contributed by atoms with Gasteiger partial charge in [0.2, 0.25) is 5.91 Å². The lowest BCUT2D eigenvalue weighted by atomic mass is 9.96. The molecule has 0 unspecified atom stereocenters. The van der Waals surface area contributed by atoms with Gasteiger partial charge in [0.25, 0.3) is 0 Å². The normalized spacial score (nSPS) is 16.2. The number of hydrogen-bond donors (Lipinski definition) is 1. The van der Waals surface area contributed by atoms with E-state index in [0.29, 0.717) is 12.3 Å². The number of halogens is 1. The molecule has 0 radical (unpaired) electrons. The van der Waals surface area contributed by atoms with Crippen molar-refractivity contribution >= 4 is 27.7 Å². The third-order valence-corrected chi connectivity index (χ3v) is 2.97. The quantitative estimate of drug-likeness (QED) is 0.896. The number of amides is 1. The molecule has 2 N–H and O–H groups in total. The molecular weight excluding hydrogens is 258 g/mol. The van der Waals surface area contributed by atoms with Gasteiger partial charge in [-0.1, -0.05) is 15.9 Å². The molecule has 0 saturated carbocycles. The van der Waals surface area contributed by atoms with Gasteiger partial charge in [-0.3, -0.25) is 4.79 Å². The van der Waals surface area contributed by atoms with Gasteiger partial charge in [0, 0.05) is 36.1 Å². The van der Waals surface area contributed by atoms with Crippen LogP contribution in [0.15, 0.2) is 22.8 Å². The highest BCUT2D eigenvalue weighted by Crippen LogP contribution is 2.26. The molecule has 0 bridgehead atoms. The van der Waals surface area contributed by atoms with E-state index in [9.17, 15) is 4.79 Å². The van der Waals surface area contributed by atoms with Crippen LogP contribution in [0.1, 0.15) is 6.42 Å². The molecule has 80 valence electrons. The van der Waals surface area contributed by atoms with Crippen molar-refractivity contribution in [3.05, 3.63) is 22.8 Å². The van der Waals surface area contributed by atoms with E-state index in [4.69, 9.17) is 5.73 Å². The minimum Gasteiger partial charge on any atom is -0.370 e. The van der Waals surface area contributed by atoms with Gasteiger partial charge in [0.1, 0.15) is 5.82 Å². The first kappa shape index (κ1) is 10.4. The highest BCUT2D eigenvalue weighted by molar-refractivity contribution is 9.10. The van der Waals surface area contributed by atoms with Crippen molar-refractivity contribution in [3.63, 3.8) is 0 Å². The smallest absolute Gasteiger partial charge is 0.217 e. The molecule has 15 heavy (non-hydrogen) atoms. The molecule has 1 aromatic rings. The van der Waals surface area contributed by atoms with Gasteiger partial charge >= 0.3 is 0 Å². The van der Waals surface area contributed by atoms with Crippen LogP contribution in [0, 0.1) is 5.92 Å². The standard InChI is InChI=1S/C10H12BrN3O/c11-8-1-2-13-10(4-8)14-5-7(6-14)3-9(12)15/h1-2,4,7H,3,5-6H2,(H2,12,15). The molecule has 1 aromatic heterocycles.